The number of hydrogen-bond donors (Lipinski definition) is 10. The van der Waals surface area contributed by atoms with E-state index in [0.717, 1.165) is 19.3 Å². The Kier molecular flexibility index (Phi) is 19.2. The van der Waals surface area contributed by atoms with Gasteiger partial charge in [-0.3, -0.25) is 14.4 Å². The molecule has 0 rings (SSSR count). The molecule has 0 aliphatic heterocycles. The second kappa shape index (κ2) is 20.2. The van der Waals surface area contributed by atoms with E-state index in [0.29, 0.717) is 19.6 Å². The lowest BCUT2D eigenvalue weighted by atomic mass is 9.93. The Morgan fingerprint density at radius 1 is 0.750 bits per heavy atom. The molecular formula is C23H51N9O4. The van der Waals surface area contributed by atoms with E-state index in [1.165, 1.54) is 0 Å². The number of carbonyl (C=O) groups is 3. The quantitative estimate of drug-likeness (QED) is 0.0714. The number of aliphatic hydroxyl groups excluding tert-OH is 1. The molecule has 0 radical (unpaired) electrons. The van der Waals surface area contributed by atoms with Crippen LogP contribution in [0.5, 0.6) is 0 Å². The highest BCUT2D eigenvalue weighted by Crippen LogP contribution is 2.14. The highest BCUT2D eigenvalue weighted by Gasteiger charge is 2.19. The molecule has 36 heavy (non-hydrogen) atoms. The summed E-state index contributed by atoms with van der Waals surface area (Å²) in [6, 6.07) is -2.14. The number of nitrogens with two attached hydrogens (primary N) is 4. The summed E-state index contributed by atoms with van der Waals surface area (Å²) in [5, 5.41) is 24.4. The van der Waals surface area contributed by atoms with Gasteiger partial charge < -0.3 is 54.6 Å². The van der Waals surface area contributed by atoms with Crippen LogP contribution in [0.4, 0.5) is 0 Å². The van der Waals surface area contributed by atoms with Crippen molar-refractivity contribution in [1.29, 1.82) is 0 Å². The second-order valence-corrected chi connectivity index (χ2v) is 9.42. The van der Waals surface area contributed by atoms with E-state index in [9.17, 15) is 19.5 Å². The number of hydrogen-bond acceptors (Lipinski definition) is 10. The summed E-state index contributed by atoms with van der Waals surface area (Å²) < 4.78 is 0. The summed E-state index contributed by atoms with van der Waals surface area (Å²) in [6.45, 7) is 8.65. The lowest BCUT2D eigenvalue weighted by Crippen LogP contribution is -2.50. The lowest BCUT2D eigenvalue weighted by Gasteiger charge is -2.22. The summed E-state index contributed by atoms with van der Waals surface area (Å²) >= 11 is 0. The SMILES string of the molecule is CCCNC(=O)C(N)CNCC(O)CNCC(N)C(=O)NCC(CC)CC(C)CNC(=O)C(N)CN. The maximum Gasteiger partial charge on any atom is 0.238 e. The molecule has 0 saturated carbocycles. The van der Waals surface area contributed by atoms with Crippen molar-refractivity contribution in [2.75, 3.05) is 52.4 Å². The van der Waals surface area contributed by atoms with Gasteiger partial charge in [0.1, 0.15) is 0 Å². The topological polar surface area (TPSA) is 236 Å². The first-order valence-corrected chi connectivity index (χ1v) is 12.9. The van der Waals surface area contributed by atoms with Crippen molar-refractivity contribution in [2.24, 2.45) is 34.8 Å². The van der Waals surface area contributed by atoms with Crippen LogP contribution in [0, 0.1) is 11.8 Å². The lowest BCUT2D eigenvalue weighted by molar-refractivity contribution is -0.123. The molecule has 212 valence electrons. The van der Waals surface area contributed by atoms with Gasteiger partial charge in [-0.25, -0.2) is 0 Å². The molecule has 0 aromatic carbocycles. The van der Waals surface area contributed by atoms with E-state index < -0.39 is 24.2 Å². The predicted octanol–water partition coefficient (Wildman–Crippen LogP) is -3.72. The summed E-state index contributed by atoms with van der Waals surface area (Å²) in [5.74, 6) is -0.303. The smallest absolute Gasteiger partial charge is 0.238 e. The van der Waals surface area contributed by atoms with Crippen molar-refractivity contribution in [3.05, 3.63) is 0 Å². The Labute approximate surface area is 215 Å². The van der Waals surface area contributed by atoms with Crippen molar-refractivity contribution < 1.29 is 19.5 Å². The highest BCUT2D eigenvalue weighted by molar-refractivity contribution is 5.82. The fourth-order valence-corrected chi connectivity index (χ4v) is 3.38. The fraction of sp³-hybridized carbons (Fsp3) is 0.870. The third kappa shape index (κ3) is 16.0. The molecule has 0 spiro atoms. The second-order valence-electron chi connectivity index (χ2n) is 9.42. The van der Waals surface area contributed by atoms with Gasteiger partial charge in [-0.2, -0.15) is 0 Å². The van der Waals surface area contributed by atoms with Crippen LogP contribution in [0.15, 0.2) is 0 Å². The molecular weight excluding hydrogens is 466 g/mol. The van der Waals surface area contributed by atoms with Crippen LogP contribution < -0.4 is 49.5 Å². The van der Waals surface area contributed by atoms with Gasteiger partial charge in [-0.1, -0.05) is 27.2 Å². The minimum atomic E-state index is -0.757. The minimum absolute atomic E-state index is 0.1000. The van der Waals surface area contributed by atoms with Crippen LogP contribution in [0.25, 0.3) is 0 Å². The Bertz CT molecular complexity index is 626. The zero-order valence-corrected chi connectivity index (χ0v) is 22.2. The molecule has 3 amide bonds. The predicted molar refractivity (Wildman–Crippen MR) is 142 cm³/mol. The van der Waals surface area contributed by atoms with Crippen molar-refractivity contribution in [1.82, 2.24) is 26.6 Å². The normalized spacial score (nSPS) is 16.3. The molecule has 0 fully saturated rings. The van der Waals surface area contributed by atoms with E-state index in [1.807, 2.05) is 20.8 Å². The molecule has 6 atom stereocenters. The number of aliphatic hydroxyl groups is 1. The van der Waals surface area contributed by atoms with Gasteiger partial charge in [0.05, 0.1) is 24.2 Å². The molecule has 0 saturated heterocycles. The molecule has 0 aliphatic carbocycles. The summed E-state index contributed by atoms with van der Waals surface area (Å²) in [5.41, 5.74) is 22.8. The third-order valence-electron chi connectivity index (χ3n) is 5.80. The van der Waals surface area contributed by atoms with Crippen molar-refractivity contribution in [2.45, 2.75) is 64.3 Å². The highest BCUT2D eigenvalue weighted by atomic mass is 16.3. The zero-order chi connectivity index (χ0) is 27.5. The van der Waals surface area contributed by atoms with Crippen LogP contribution in [0.3, 0.4) is 0 Å². The van der Waals surface area contributed by atoms with Crippen LogP contribution in [0.1, 0.15) is 40.0 Å². The zero-order valence-electron chi connectivity index (χ0n) is 22.2. The standard InChI is InChI=1S/C23H51N9O4/c1-4-6-30-22(35)19(26)13-28-11-17(33)12-29-14-20(27)23(36)32-10-16(5-2)7-15(3)9-31-21(34)18(25)8-24/h15-20,28-29,33H,4-14,24-27H2,1-3H3,(H,30,35)(H,31,34)(H,32,36). The van der Waals surface area contributed by atoms with E-state index in [-0.39, 0.29) is 62.3 Å². The molecule has 13 nitrogen and oxygen atoms in total. The fourth-order valence-electron chi connectivity index (χ4n) is 3.38. The Morgan fingerprint density at radius 3 is 1.75 bits per heavy atom. The van der Waals surface area contributed by atoms with E-state index in [2.05, 4.69) is 26.6 Å². The van der Waals surface area contributed by atoms with Crippen molar-refractivity contribution >= 4 is 17.7 Å². The Hall–Kier alpha value is -1.87. The molecule has 6 unspecified atom stereocenters. The molecule has 0 aromatic heterocycles. The average molecular weight is 518 g/mol. The minimum Gasteiger partial charge on any atom is -0.390 e. The van der Waals surface area contributed by atoms with Gasteiger partial charge in [0.15, 0.2) is 0 Å². The molecule has 0 aliphatic rings. The van der Waals surface area contributed by atoms with Crippen LogP contribution >= 0.6 is 0 Å². The van der Waals surface area contributed by atoms with Crippen LogP contribution in [-0.2, 0) is 14.4 Å². The summed E-state index contributed by atoms with van der Waals surface area (Å²) in [6.07, 6.45) is 1.81. The van der Waals surface area contributed by atoms with E-state index in [4.69, 9.17) is 22.9 Å². The maximum atomic E-state index is 12.3. The number of rotatable bonds is 21. The van der Waals surface area contributed by atoms with Crippen molar-refractivity contribution in [3.63, 3.8) is 0 Å². The summed E-state index contributed by atoms with van der Waals surface area (Å²) in [7, 11) is 0. The maximum absolute atomic E-state index is 12.3. The molecule has 0 heterocycles. The van der Waals surface area contributed by atoms with Gasteiger partial charge in [-0.15, -0.1) is 0 Å². The van der Waals surface area contributed by atoms with Gasteiger partial charge in [0, 0.05) is 52.4 Å². The molecule has 13 heteroatoms. The first-order chi connectivity index (χ1) is 17.0. The van der Waals surface area contributed by atoms with E-state index >= 15 is 0 Å². The van der Waals surface area contributed by atoms with Gasteiger partial charge >= 0.3 is 0 Å². The molecule has 14 N–H and O–H groups in total. The van der Waals surface area contributed by atoms with Crippen molar-refractivity contribution in [3.8, 4) is 0 Å². The van der Waals surface area contributed by atoms with Gasteiger partial charge in [-0.05, 0) is 24.7 Å². The van der Waals surface area contributed by atoms with Crippen LogP contribution in [-0.4, -0.2) is 99.4 Å². The Morgan fingerprint density at radius 2 is 1.25 bits per heavy atom. The average Bonchev–Trinajstić information content (AvgIpc) is 2.86. The van der Waals surface area contributed by atoms with Crippen LogP contribution in [0.2, 0.25) is 0 Å². The largest absolute Gasteiger partial charge is 0.390 e. The Balaban J connectivity index is 4.11. The number of nitrogens with one attached hydrogen (secondary N) is 5. The number of amides is 3. The monoisotopic (exact) mass is 517 g/mol. The first kappa shape index (κ1) is 34.1. The number of carbonyl (C=O) groups excluding carboxylic acids is 3. The third-order valence-corrected chi connectivity index (χ3v) is 5.80. The van der Waals surface area contributed by atoms with Gasteiger partial charge in [0.25, 0.3) is 0 Å². The van der Waals surface area contributed by atoms with Gasteiger partial charge in [0.2, 0.25) is 17.7 Å². The summed E-state index contributed by atoms with van der Waals surface area (Å²) in [4.78, 5) is 35.8. The molecule has 0 aromatic rings. The van der Waals surface area contributed by atoms with E-state index in [1.54, 1.807) is 0 Å². The first-order valence-electron chi connectivity index (χ1n) is 12.9. The molecule has 0 bridgehead atoms.